The molecule has 1 aliphatic rings. The number of ether oxygens (including phenoxy) is 2. The number of aromatic amines is 1. The maximum atomic E-state index is 5.65. The molecule has 136 valence electrons. The number of aromatic nitrogens is 1. The molecule has 0 amide bonds. The Bertz CT molecular complexity index is 851. The van der Waals surface area contributed by atoms with Crippen molar-refractivity contribution in [3.8, 4) is 11.3 Å². The molecule has 0 aliphatic carbocycles. The molecule has 0 unspecified atom stereocenters. The summed E-state index contributed by atoms with van der Waals surface area (Å²) in [5, 5.41) is 4.96. The number of benzene rings is 2. The third-order valence-corrected chi connectivity index (χ3v) is 4.93. The van der Waals surface area contributed by atoms with Gasteiger partial charge in [0.1, 0.15) is 0 Å². The Morgan fingerprint density at radius 3 is 2.69 bits per heavy atom. The second-order valence-corrected chi connectivity index (χ2v) is 6.82. The molecule has 2 N–H and O–H groups in total. The highest BCUT2D eigenvalue weighted by Gasteiger charge is 2.16. The van der Waals surface area contributed by atoms with E-state index in [1.54, 1.807) is 0 Å². The summed E-state index contributed by atoms with van der Waals surface area (Å²) in [6, 6.07) is 17.6. The number of hydrogen-bond donors (Lipinski definition) is 2. The molecule has 4 heteroatoms. The van der Waals surface area contributed by atoms with E-state index in [1.807, 2.05) is 13.0 Å². The number of anilines is 1. The molecule has 3 aromatic rings. The zero-order valence-electron chi connectivity index (χ0n) is 15.3. The average molecular weight is 350 g/mol. The molecular weight excluding hydrogens is 324 g/mol. The van der Waals surface area contributed by atoms with Crippen molar-refractivity contribution in [1.29, 1.82) is 0 Å². The van der Waals surface area contributed by atoms with E-state index in [-0.39, 0.29) is 0 Å². The zero-order valence-corrected chi connectivity index (χ0v) is 15.3. The second-order valence-electron chi connectivity index (χ2n) is 6.82. The van der Waals surface area contributed by atoms with Crippen molar-refractivity contribution in [3.05, 3.63) is 54.1 Å². The monoisotopic (exact) mass is 350 g/mol. The van der Waals surface area contributed by atoms with E-state index in [0.29, 0.717) is 12.6 Å². The highest BCUT2D eigenvalue weighted by atomic mass is 16.5. The fourth-order valence-corrected chi connectivity index (χ4v) is 3.56. The maximum Gasteiger partial charge on any atom is 0.0717 e. The van der Waals surface area contributed by atoms with Crippen LogP contribution in [-0.2, 0) is 16.1 Å². The first-order chi connectivity index (χ1) is 12.8. The summed E-state index contributed by atoms with van der Waals surface area (Å²) in [6.45, 7) is 5.06. The van der Waals surface area contributed by atoms with Gasteiger partial charge in [0.25, 0.3) is 0 Å². The summed E-state index contributed by atoms with van der Waals surface area (Å²) in [5.41, 5.74) is 5.87. The minimum absolute atomic E-state index is 0.456. The number of nitrogens with one attached hydrogen (secondary N) is 2. The van der Waals surface area contributed by atoms with E-state index in [4.69, 9.17) is 9.47 Å². The van der Waals surface area contributed by atoms with Crippen LogP contribution in [0.3, 0.4) is 0 Å². The van der Waals surface area contributed by atoms with E-state index < -0.39 is 0 Å². The Morgan fingerprint density at radius 1 is 1.12 bits per heavy atom. The standard InChI is InChI=1S/C22H26N2O2/c1-2-25-15-16-12-18-14-20(17-6-4-3-5-7-17)24-22(18)21(13-16)23-19-8-10-26-11-9-19/h3-7,12-14,19,23-24H,2,8-11,15H2,1H3. The van der Waals surface area contributed by atoms with Crippen molar-refractivity contribution in [2.24, 2.45) is 0 Å². The van der Waals surface area contributed by atoms with Crippen molar-refractivity contribution in [2.45, 2.75) is 32.4 Å². The zero-order chi connectivity index (χ0) is 17.8. The largest absolute Gasteiger partial charge is 0.381 e. The molecular formula is C22H26N2O2. The van der Waals surface area contributed by atoms with Crippen LogP contribution < -0.4 is 5.32 Å². The Morgan fingerprint density at radius 2 is 1.92 bits per heavy atom. The van der Waals surface area contributed by atoms with E-state index in [9.17, 15) is 0 Å². The van der Waals surface area contributed by atoms with E-state index >= 15 is 0 Å². The van der Waals surface area contributed by atoms with Gasteiger partial charge < -0.3 is 19.8 Å². The number of rotatable bonds is 6. The molecule has 1 saturated heterocycles. The quantitative estimate of drug-likeness (QED) is 0.660. The smallest absolute Gasteiger partial charge is 0.0717 e. The van der Waals surface area contributed by atoms with Crippen LogP contribution in [0.1, 0.15) is 25.3 Å². The van der Waals surface area contributed by atoms with E-state index in [1.165, 1.54) is 16.5 Å². The SMILES string of the molecule is CCOCc1cc(NC2CCOCC2)c2[nH]c(-c3ccccc3)cc2c1. The van der Waals surface area contributed by atoms with Crippen LogP contribution in [-0.4, -0.2) is 30.8 Å². The predicted octanol–water partition coefficient (Wildman–Crippen LogP) is 4.96. The van der Waals surface area contributed by atoms with Gasteiger partial charge in [-0.2, -0.15) is 0 Å². The molecule has 1 aromatic heterocycles. The molecule has 0 spiro atoms. The highest BCUT2D eigenvalue weighted by molar-refractivity contribution is 5.95. The Labute approximate surface area is 154 Å². The predicted molar refractivity (Wildman–Crippen MR) is 107 cm³/mol. The van der Waals surface area contributed by atoms with Gasteiger partial charge in [-0.25, -0.2) is 0 Å². The topological polar surface area (TPSA) is 46.3 Å². The second kappa shape index (κ2) is 7.94. The Balaban J connectivity index is 1.72. The first-order valence-corrected chi connectivity index (χ1v) is 9.46. The fourth-order valence-electron chi connectivity index (χ4n) is 3.56. The summed E-state index contributed by atoms with van der Waals surface area (Å²) in [5.74, 6) is 0. The third-order valence-electron chi connectivity index (χ3n) is 4.93. The van der Waals surface area contributed by atoms with Crippen LogP contribution in [0.5, 0.6) is 0 Å². The molecule has 1 aliphatic heterocycles. The third kappa shape index (κ3) is 3.76. The van der Waals surface area contributed by atoms with Crippen molar-refractivity contribution in [2.75, 3.05) is 25.1 Å². The fraction of sp³-hybridized carbons (Fsp3) is 0.364. The molecule has 26 heavy (non-hydrogen) atoms. The van der Waals surface area contributed by atoms with Gasteiger partial charge in [-0.3, -0.25) is 0 Å². The summed E-state index contributed by atoms with van der Waals surface area (Å²) in [6.07, 6.45) is 2.09. The first kappa shape index (κ1) is 17.1. The number of hydrogen-bond acceptors (Lipinski definition) is 3. The maximum absolute atomic E-state index is 5.65. The van der Waals surface area contributed by atoms with Crippen LogP contribution in [0.15, 0.2) is 48.5 Å². The molecule has 0 bridgehead atoms. The molecule has 4 rings (SSSR count). The van der Waals surface area contributed by atoms with Gasteiger partial charge in [-0.05, 0) is 49.1 Å². The number of H-pyrrole nitrogens is 1. The molecule has 0 atom stereocenters. The van der Waals surface area contributed by atoms with Gasteiger partial charge in [0.2, 0.25) is 0 Å². The minimum atomic E-state index is 0.456. The molecule has 1 fully saturated rings. The van der Waals surface area contributed by atoms with Gasteiger partial charge >= 0.3 is 0 Å². The molecule has 0 saturated carbocycles. The number of fused-ring (bicyclic) bond motifs is 1. The van der Waals surface area contributed by atoms with Crippen molar-refractivity contribution in [3.63, 3.8) is 0 Å². The summed E-state index contributed by atoms with van der Waals surface area (Å²) < 4.78 is 11.1. The van der Waals surface area contributed by atoms with Crippen molar-refractivity contribution < 1.29 is 9.47 Å². The van der Waals surface area contributed by atoms with E-state index in [2.05, 4.69) is 52.8 Å². The molecule has 4 nitrogen and oxygen atoms in total. The van der Waals surface area contributed by atoms with Gasteiger partial charge in [-0.1, -0.05) is 30.3 Å². The summed E-state index contributed by atoms with van der Waals surface area (Å²) in [7, 11) is 0. The lowest BCUT2D eigenvalue weighted by molar-refractivity contribution is 0.0904. The summed E-state index contributed by atoms with van der Waals surface area (Å²) >= 11 is 0. The lowest BCUT2D eigenvalue weighted by Gasteiger charge is -2.24. The van der Waals surface area contributed by atoms with Crippen LogP contribution in [0, 0.1) is 0 Å². The van der Waals surface area contributed by atoms with Gasteiger partial charge in [0.05, 0.1) is 17.8 Å². The minimum Gasteiger partial charge on any atom is -0.381 e. The van der Waals surface area contributed by atoms with Crippen molar-refractivity contribution in [1.82, 2.24) is 4.98 Å². The average Bonchev–Trinajstić information content (AvgIpc) is 3.12. The molecule has 2 heterocycles. The van der Waals surface area contributed by atoms with E-state index in [0.717, 1.165) is 49.6 Å². The molecule has 0 radical (unpaired) electrons. The normalized spacial score (nSPS) is 15.4. The summed E-state index contributed by atoms with van der Waals surface area (Å²) in [4.78, 5) is 3.62. The van der Waals surface area contributed by atoms with Gasteiger partial charge in [0, 0.05) is 36.9 Å². The van der Waals surface area contributed by atoms with Crippen LogP contribution in [0.4, 0.5) is 5.69 Å². The lowest BCUT2D eigenvalue weighted by Crippen LogP contribution is -2.28. The molecule has 2 aromatic carbocycles. The highest BCUT2D eigenvalue weighted by Crippen LogP contribution is 2.31. The Hall–Kier alpha value is -2.30. The van der Waals surface area contributed by atoms with Gasteiger partial charge in [-0.15, -0.1) is 0 Å². The Kier molecular flexibility index (Phi) is 5.23. The van der Waals surface area contributed by atoms with Crippen molar-refractivity contribution >= 4 is 16.6 Å². The van der Waals surface area contributed by atoms with Crippen LogP contribution in [0.25, 0.3) is 22.2 Å². The lowest BCUT2D eigenvalue weighted by atomic mass is 10.1. The van der Waals surface area contributed by atoms with Crippen LogP contribution >= 0.6 is 0 Å². The first-order valence-electron chi connectivity index (χ1n) is 9.46. The van der Waals surface area contributed by atoms with Gasteiger partial charge in [0.15, 0.2) is 0 Å². The van der Waals surface area contributed by atoms with Crippen LogP contribution in [0.2, 0.25) is 0 Å².